The third kappa shape index (κ3) is 5.09. The van der Waals surface area contributed by atoms with Gasteiger partial charge in [-0.1, -0.05) is 152 Å². The molecule has 13 rings (SSSR count). The third-order valence-electron chi connectivity index (χ3n) is 12.7. The Labute approximate surface area is 350 Å². The number of benzene rings is 8. The van der Waals surface area contributed by atoms with E-state index in [4.69, 9.17) is 9.98 Å². The monoisotopic (exact) mass is 784 g/mol. The van der Waals surface area contributed by atoms with E-state index in [1.165, 1.54) is 69.4 Å². The molecule has 2 aliphatic rings. The van der Waals surface area contributed by atoms with Crippen LogP contribution in [0.2, 0.25) is 0 Å². The topological polar surface area (TPSA) is 34.6 Å². The maximum absolute atomic E-state index is 5.70. The number of nitrogens with zero attached hydrogens (tertiary/aromatic N) is 4. The summed E-state index contributed by atoms with van der Waals surface area (Å²) in [6.45, 7) is 0. The molecule has 60 heavy (non-hydrogen) atoms. The minimum atomic E-state index is 0.320. The van der Waals surface area contributed by atoms with Gasteiger partial charge in [0.2, 0.25) is 5.96 Å². The van der Waals surface area contributed by atoms with Crippen molar-refractivity contribution in [2.45, 2.75) is 6.42 Å². The zero-order valence-electron chi connectivity index (χ0n) is 32.5. The van der Waals surface area contributed by atoms with Crippen molar-refractivity contribution in [1.29, 1.82) is 0 Å². The Kier molecular flexibility index (Phi) is 7.33. The van der Waals surface area contributed by atoms with Crippen molar-refractivity contribution in [3.8, 4) is 16.8 Å². The fourth-order valence-electron chi connectivity index (χ4n) is 9.81. The molecule has 0 radical (unpaired) electrons. The van der Waals surface area contributed by atoms with Crippen LogP contribution in [0.5, 0.6) is 0 Å². The lowest BCUT2D eigenvalue weighted by Gasteiger charge is -2.15. The van der Waals surface area contributed by atoms with Crippen LogP contribution in [-0.2, 0) is 0 Å². The van der Waals surface area contributed by atoms with Gasteiger partial charge in [-0.15, -0.1) is 11.3 Å². The van der Waals surface area contributed by atoms with Crippen LogP contribution in [0, 0.1) is 11.8 Å². The third-order valence-corrected chi connectivity index (χ3v) is 13.9. The summed E-state index contributed by atoms with van der Waals surface area (Å²) >= 11 is 1.86. The van der Waals surface area contributed by atoms with Crippen LogP contribution in [0.1, 0.15) is 17.5 Å². The van der Waals surface area contributed by atoms with Gasteiger partial charge >= 0.3 is 0 Å². The van der Waals surface area contributed by atoms with Crippen molar-refractivity contribution < 1.29 is 0 Å². The van der Waals surface area contributed by atoms with E-state index in [9.17, 15) is 0 Å². The number of hydrogen-bond acceptors (Lipinski definition) is 3. The number of fused-ring (bicyclic) bond motifs is 11. The van der Waals surface area contributed by atoms with Gasteiger partial charge in [-0.2, -0.15) is 0 Å². The predicted molar refractivity (Wildman–Crippen MR) is 254 cm³/mol. The first-order valence-electron chi connectivity index (χ1n) is 20.7. The fraction of sp³-hybridized carbons (Fsp3) is 0.0545. The van der Waals surface area contributed by atoms with E-state index in [-0.39, 0.29) is 0 Å². The standard InChI is InChI=1S/C55H36N4S/c1-3-14-34(15-4-1)35-26-28-38(29-27-35)58-46-23-10-7-19-42(46)51-48(58)30-31-49-52(51)43-20-8-11-24-47(43)59(49)55-56-45(33-37-32-44(37)53(57-55)36-16-5-2-6-17-36)41-22-13-21-40-39-18-9-12-25-50(39)60-54(40)41/h1-31,33,37,44H,32H2/b45-33+,56-55+,57-53-. The Hall–Kier alpha value is -7.34. The zero-order chi connectivity index (χ0) is 39.3. The highest BCUT2D eigenvalue weighted by molar-refractivity contribution is 7.26. The van der Waals surface area contributed by atoms with Crippen LogP contribution >= 0.6 is 11.3 Å². The fourth-order valence-corrected chi connectivity index (χ4v) is 11.0. The molecule has 5 heteroatoms. The largest absolute Gasteiger partial charge is 0.309 e. The van der Waals surface area contributed by atoms with Gasteiger partial charge in [0, 0.05) is 58.9 Å². The first-order valence-corrected chi connectivity index (χ1v) is 21.6. The molecule has 0 saturated heterocycles. The van der Waals surface area contributed by atoms with Gasteiger partial charge in [0.15, 0.2) is 0 Å². The molecule has 2 unspecified atom stereocenters. The molecule has 8 aromatic carbocycles. The highest BCUT2D eigenvalue weighted by Crippen LogP contribution is 2.48. The molecule has 2 atom stereocenters. The van der Waals surface area contributed by atoms with Crippen LogP contribution in [0.25, 0.3) is 86.3 Å². The first-order chi connectivity index (χ1) is 29.8. The van der Waals surface area contributed by atoms with Crippen LogP contribution in [0.3, 0.4) is 0 Å². The van der Waals surface area contributed by atoms with Crippen LogP contribution in [0.15, 0.2) is 204 Å². The highest BCUT2D eigenvalue weighted by atomic mass is 32.1. The maximum Gasteiger partial charge on any atom is 0.235 e. The average Bonchev–Trinajstić information content (AvgIpc) is 3.64. The minimum absolute atomic E-state index is 0.320. The lowest BCUT2D eigenvalue weighted by Crippen LogP contribution is -2.16. The summed E-state index contributed by atoms with van der Waals surface area (Å²) < 4.78 is 7.31. The normalized spacial score (nSPS) is 19.2. The summed E-state index contributed by atoms with van der Waals surface area (Å²) in [4.78, 5) is 11.4. The van der Waals surface area contributed by atoms with Gasteiger partial charge in [-0.3, -0.25) is 4.57 Å². The highest BCUT2D eigenvalue weighted by Gasteiger charge is 2.42. The first kappa shape index (κ1) is 33.6. The summed E-state index contributed by atoms with van der Waals surface area (Å²) in [5.41, 5.74) is 12.5. The number of hydrogen-bond donors (Lipinski definition) is 0. The second kappa shape index (κ2) is 13.1. The van der Waals surface area contributed by atoms with E-state index in [2.05, 4.69) is 203 Å². The van der Waals surface area contributed by atoms with Gasteiger partial charge in [0.25, 0.3) is 0 Å². The zero-order valence-corrected chi connectivity index (χ0v) is 33.4. The summed E-state index contributed by atoms with van der Waals surface area (Å²) in [5, 5.41) is 7.42. The molecule has 0 amide bonds. The Bertz CT molecular complexity index is 3620. The Balaban J connectivity index is 1.08. The summed E-state index contributed by atoms with van der Waals surface area (Å²) in [6, 6.07) is 68.0. The van der Waals surface area contributed by atoms with E-state index in [0.29, 0.717) is 17.8 Å². The van der Waals surface area contributed by atoms with E-state index in [1.54, 1.807) is 0 Å². The number of aromatic nitrogens is 2. The number of thiophene rings is 1. The summed E-state index contributed by atoms with van der Waals surface area (Å²) in [7, 11) is 0. The number of allylic oxidation sites excluding steroid dienone is 1. The quantitative estimate of drug-likeness (QED) is 0.170. The molecule has 1 saturated carbocycles. The molecule has 0 bridgehead atoms. The molecule has 3 aromatic heterocycles. The van der Waals surface area contributed by atoms with Gasteiger partial charge in [0.1, 0.15) is 0 Å². The summed E-state index contributed by atoms with van der Waals surface area (Å²) in [5.74, 6) is 1.38. The van der Waals surface area contributed by atoms with Gasteiger partial charge in [-0.05, 0) is 71.5 Å². The SMILES string of the molecule is C1=C(c2cccc3c2sc2ccccc23)/N=C(n2c3ccccc3c3c4c5ccccc5n(-c5ccc(-c6ccccc6)cc5)c4ccc32)\N=C(\c2ccccc2)C2CC/12. The van der Waals surface area contributed by atoms with Crippen LogP contribution in [0.4, 0.5) is 0 Å². The van der Waals surface area contributed by atoms with Gasteiger partial charge in [0.05, 0.1) is 33.5 Å². The number of para-hydroxylation sites is 2. The molecule has 1 aliphatic heterocycles. The molecule has 1 aliphatic carbocycles. The Morgan fingerprint density at radius 3 is 1.77 bits per heavy atom. The molecule has 1 fully saturated rings. The molecule has 11 aromatic rings. The molecular weight excluding hydrogens is 749 g/mol. The van der Waals surface area contributed by atoms with E-state index in [1.807, 2.05) is 11.3 Å². The van der Waals surface area contributed by atoms with E-state index >= 15 is 0 Å². The lowest BCUT2D eigenvalue weighted by molar-refractivity contribution is 1.02. The predicted octanol–water partition coefficient (Wildman–Crippen LogP) is 14.3. The molecule has 0 N–H and O–H groups in total. The van der Waals surface area contributed by atoms with Crippen molar-refractivity contribution >= 4 is 92.5 Å². The van der Waals surface area contributed by atoms with Crippen LogP contribution < -0.4 is 0 Å². The van der Waals surface area contributed by atoms with Crippen molar-refractivity contribution in [2.75, 3.05) is 0 Å². The second-order valence-corrected chi connectivity index (χ2v) is 17.1. The minimum Gasteiger partial charge on any atom is -0.309 e. The molecule has 282 valence electrons. The average molecular weight is 785 g/mol. The lowest BCUT2D eigenvalue weighted by atomic mass is 10.0. The van der Waals surface area contributed by atoms with E-state index < -0.39 is 0 Å². The smallest absolute Gasteiger partial charge is 0.235 e. The van der Waals surface area contributed by atoms with E-state index in [0.717, 1.165) is 40.1 Å². The second-order valence-electron chi connectivity index (χ2n) is 16.1. The molecular formula is C55H36N4S. The van der Waals surface area contributed by atoms with Crippen molar-refractivity contribution in [1.82, 2.24) is 9.13 Å². The van der Waals surface area contributed by atoms with Crippen molar-refractivity contribution in [3.05, 3.63) is 205 Å². The summed E-state index contributed by atoms with van der Waals surface area (Å²) in [6.07, 6.45) is 3.49. The maximum atomic E-state index is 5.70. The van der Waals surface area contributed by atoms with Gasteiger partial charge < -0.3 is 4.57 Å². The Morgan fingerprint density at radius 1 is 0.450 bits per heavy atom. The number of aliphatic imine (C=N–C) groups is 2. The molecule has 0 spiro atoms. The molecule has 4 nitrogen and oxygen atoms in total. The Morgan fingerprint density at radius 2 is 1.03 bits per heavy atom. The number of rotatable bonds is 4. The van der Waals surface area contributed by atoms with Crippen molar-refractivity contribution in [3.63, 3.8) is 0 Å². The van der Waals surface area contributed by atoms with Crippen LogP contribution in [-0.4, -0.2) is 20.8 Å². The van der Waals surface area contributed by atoms with Crippen molar-refractivity contribution in [2.24, 2.45) is 21.8 Å². The van der Waals surface area contributed by atoms with Gasteiger partial charge in [-0.25, -0.2) is 9.98 Å². The molecule has 4 heterocycles.